The summed E-state index contributed by atoms with van der Waals surface area (Å²) >= 11 is 0. The van der Waals surface area contributed by atoms with Gasteiger partial charge < -0.3 is 19.3 Å². The van der Waals surface area contributed by atoms with Gasteiger partial charge in [-0.05, 0) is 30.2 Å². The van der Waals surface area contributed by atoms with Gasteiger partial charge >= 0.3 is 0 Å². The average Bonchev–Trinajstić information content (AvgIpc) is 2.69. The van der Waals surface area contributed by atoms with Crippen molar-refractivity contribution in [1.82, 2.24) is 4.90 Å². The van der Waals surface area contributed by atoms with Gasteiger partial charge in [0.2, 0.25) is 0 Å². The summed E-state index contributed by atoms with van der Waals surface area (Å²) in [5, 5.41) is 9.80. The Morgan fingerprint density at radius 3 is 2.65 bits per heavy atom. The Balaban J connectivity index is 1.84. The van der Waals surface area contributed by atoms with E-state index in [-0.39, 0.29) is 18.8 Å². The summed E-state index contributed by atoms with van der Waals surface area (Å²) in [6.45, 7) is 4.74. The molecule has 0 radical (unpaired) electrons. The molecule has 5 heteroatoms. The van der Waals surface area contributed by atoms with E-state index in [0.29, 0.717) is 13.2 Å². The fourth-order valence-corrected chi connectivity index (χ4v) is 3.51. The number of morpholine rings is 1. The van der Waals surface area contributed by atoms with Crippen molar-refractivity contribution >= 4 is 0 Å². The molecule has 1 aliphatic heterocycles. The van der Waals surface area contributed by atoms with Gasteiger partial charge in [-0.15, -0.1) is 0 Å². The lowest BCUT2D eigenvalue weighted by atomic mass is 9.97. The first kappa shape index (κ1) is 18.7. The van der Waals surface area contributed by atoms with E-state index in [1.165, 1.54) is 0 Å². The lowest BCUT2D eigenvalue weighted by Crippen LogP contribution is -2.46. The van der Waals surface area contributed by atoms with E-state index < -0.39 is 0 Å². The smallest absolute Gasteiger partial charge is 0.161 e. The molecular weight excluding hydrogens is 330 g/mol. The summed E-state index contributed by atoms with van der Waals surface area (Å²) in [5.74, 6) is 1.50. The maximum absolute atomic E-state index is 9.80. The molecule has 2 atom stereocenters. The largest absolute Gasteiger partial charge is 0.493 e. The quantitative estimate of drug-likeness (QED) is 0.825. The highest BCUT2D eigenvalue weighted by Crippen LogP contribution is 2.33. The molecule has 26 heavy (non-hydrogen) atoms. The number of aliphatic hydroxyl groups excluding tert-OH is 1. The SMILES string of the molecule is CCOc1ccc(CN2CCO[C@H](CO)[C@H]2c2ccccc2)cc1OC. The third-order valence-corrected chi connectivity index (χ3v) is 4.69. The number of aliphatic hydroxyl groups is 1. The van der Waals surface area contributed by atoms with E-state index in [2.05, 4.69) is 23.1 Å². The van der Waals surface area contributed by atoms with Crippen molar-refractivity contribution in [2.24, 2.45) is 0 Å². The van der Waals surface area contributed by atoms with Gasteiger partial charge in [-0.3, -0.25) is 4.90 Å². The zero-order valence-corrected chi connectivity index (χ0v) is 15.4. The molecule has 2 aromatic rings. The van der Waals surface area contributed by atoms with Gasteiger partial charge in [0, 0.05) is 13.1 Å². The number of ether oxygens (including phenoxy) is 3. The van der Waals surface area contributed by atoms with Crippen LogP contribution in [0.2, 0.25) is 0 Å². The van der Waals surface area contributed by atoms with Gasteiger partial charge in [-0.2, -0.15) is 0 Å². The number of rotatable bonds is 7. The summed E-state index contributed by atoms with van der Waals surface area (Å²) in [4.78, 5) is 2.36. The molecule has 3 rings (SSSR count). The lowest BCUT2D eigenvalue weighted by molar-refractivity contribution is -0.0960. The molecule has 1 saturated heterocycles. The Labute approximate surface area is 155 Å². The van der Waals surface area contributed by atoms with Crippen LogP contribution in [0.15, 0.2) is 48.5 Å². The van der Waals surface area contributed by atoms with Crippen molar-refractivity contribution in [2.45, 2.75) is 25.6 Å². The van der Waals surface area contributed by atoms with Crippen LogP contribution in [0.4, 0.5) is 0 Å². The van der Waals surface area contributed by atoms with E-state index >= 15 is 0 Å². The van der Waals surface area contributed by atoms with Crippen LogP contribution in [0.3, 0.4) is 0 Å². The molecule has 1 fully saturated rings. The first-order chi connectivity index (χ1) is 12.8. The highest BCUT2D eigenvalue weighted by atomic mass is 16.5. The van der Waals surface area contributed by atoms with Crippen LogP contribution in [-0.2, 0) is 11.3 Å². The van der Waals surface area contributed by atoms with Crippen molar-refractivity contribution < 1.29 is 19.3 Å². The summed E-state index contributed by atoms with van der Waals surface area (Å²) in [5.41, 5.74) is 2.30. The topological polar surface area (TPSA) is 51.2 Å². The molecule has 0 saturated carbocycles. The zero-order chi connectivity index (χ0) is 18.4. The molecule has 1 heterocycles. The Morgan fingerprint density at radius 1 is 1.15 bits per heavy atom. The minimum absolute atomic E-state index is 0.00264. The van der Waals surface area contributed by atoms with Crippen molar-refractivity contribution in [3.05, 3.63) is 59.7 Å². The highest BCUT2D eigenvalue weighted by molar-refractivity contribution is 5.43. The second kappa shape index (κ2) is 9.03. The van der Waals surface area contributed by atoms with E-state index in [9.17, 15) is 5.11 Å². The molecule has 1 N–H and O–H groups in total. The number of methoxy groups -OCH3 is 1. The Bertz CT molecular complexity index is 692. The Hall–Kier alpha value is -2.08. The first-order valence-electron chi connectivity index (χ1n) is 9.08. The number of hydrogen-bond acceptors (Lipinski definition) is 5. The average molecular weight is 357 g/mol. The minimum Gasteiger partial charge on any atom is -0.493 e. The fourth-order valence-electron chi connectivity index (χ4n) is 3.51. The maximum Gasteiger partial charge on any atom is 0.161 e. The molecule has 5 nitrogen and oxygen atoms in total. The Kier molecular flexibility index (Phi) is 6.50. The Morgan fingerprint density at radius 2 is 1.96 bits per heavy atom. The maximum atomic E-state index is 9.80. The van der Waals surface area contributed by atoms with Gasteiger partial charge in [-0.25, -0.2) is 0 Å². The number of benzene rings is 2. The van der Waals surface area contributed by atoms with Crippen LogP contribution >= 0.6 is 0 Å². The van der Waals surface area contributed by atoms with Crippen molar-refractivity contribution in [3.63, 3.8) is 0 Å². The molecule has 0 spiro atoms. The molecule has 0 amide bonds. The minimum atomic E-state index is -0.226. The molecule has 0 aliphatic carbocycles. The molecule has 0 aromatic heterocycles. The predicted molar refractivity (Wildman–Crippen MR) is 101 cm³/mol. The van der Waals surface area contributed by atoms with Gasteiger partial charge in [0.15, 0.2) is 11.5 Å². The fraction of sp³-hybridized carbons (Fsp3) is 0.429. The van der Waals surface area contributed by atoms with Gasteiger partial charge in [0.05, 0.1) is 33.0 Å². The van der Waals surface area contributed by atoms with Gasteiger partial charge in [-0.1, -0.05) is 36.4 Å². The number of hydrogen-bond donors (Lipinski definition) is 1. The molecular formula is C21H27NO4. The highest BCUT2D eigenvalue weighted by Gasteiger charge is 2.33. The predicted octanol–water partition coefficient (Wildman–Crippen LogP) is 3.03. The third kappa shape index (κ3) is 4.18. The molecule has 1 aliphatic rings. The monoisotopic (exact) mass is 357 g/mol. The summed E-state index contributed by atoms with van der Waals surface area (Å²) in [7, 11) is 1.66. The summed E-state index contributed by atoms with van der Waals surface area (Å²) < 4.78 is 16.9. The zero-order valence-electron chi connectivity index (χ0n) is 15.4. The lowest BCUT2D eigenvalue weighted by Gasteiger charge is -2.41. The van der Waals surface area contributed by atoms with Crippen LogP contribution in [0, 0.1) is 0 Å². The summed E-state index contributed by atoms with van der Waals surface area (Å²) in [6, 6.07) is 16.3. The molecule has 0 bridgehead atoms. The molecule has 140 valence electrons. The standard InChI is InChI=1S/C21H27NO4/c1-3-25-18-10-9-16(13-19(18)24-2)14-22-11-12-26-20(15-23)21(22)17-7-5-4-6-8-17/h4-10,13,20-21,23H,3,11-12,14-15H2,1-2H3/t20-,21-/m1/s1. The number of nitrogens with zero attached hydrogens (tertiary/aromatic N) is 1. The van der Waals surface area contributed by atoms with E-state index in [4.69, 9.17) is 14.2 Å². The second-order valence-corrected chi connectivity index (χ2v) is 6.34. The van der Waals surface area contributed by atoms with Crippen LogP contribution in [0.25, 0.3) is 0 Å². The van der Waals surface area contributed by atoms with Crippen LogP contribution in [0.1, 0.15) is 24.1 Å². The van der Waals surface area contributed by atoms with E-state index in [1.807, 2.05) is 37.3 Å². The van der Waals surface area contributed by atoms with Gasteiger partial charge in [0.1, 0.15) is 6.10 Å². The van der Waals surface area contributed by atoms with E-state index in [1.54, 1.807) is 7.11 Å². The molecule has 2 aromatic carbocycles. The second-order valence-electron chi connectivity index (χ2n) is 6.34. The van der Waals surface area contributed by atoms with Crippen LogP contribution < -0.4 is 9.47 Å². The third-order valence-electron chi connectivity index (χ3n) is 4.69. The summed E-state index contributed by atoms with van der Waals surface area (Å²) in [6.07, 6.45) is -0.226. The van der Waals surface area contributed by atoms with Gasteiger partial charge in [0.25, 0.3) is 0 Å². The first-order valence-corrected chi connectivity index (χ1v) is 9.08. The normalized spacial score (nSPS) is 20.7. The van der Waals surface area contributed by atoms with E-state index in [0.717, 1.165) is 35.7 Å². The van der Waals surface area contributed by atoms with Crippen LogP contribution in [0.5, 0.6) is 11.5 Å². The van der Waals surface area contributed by atoms with Crippen LogP contribution in [-0.4, -0.2) is 49.6 Å². The molecule has 0 unspecified atom stereocenters. The van der Waals surface area contributed by atoms with Crippen molar-refractivity contribution in [2.75, 3.05) is 33.5 Å². The van der Waals surface area contributed by atoms with Crippen molar-refractivity contribution in [3.8, 4) is 11.5 Å². The van der Waals surface area contributed by atoms with Crippen molar-refractivity contribution in [1.29, 1.82) is 0 Å².